The summed E-state index contributed by atoms with van der Waals surface area (Å²) in [5.74, 6) is 0. The number of hydrogen-bond acceptors (Lipinski definition) is 2. The third kappa shape index (κ3) is 4.76. The predicted octanol–water partition coefficient (Wildman–Crippen LogP) is 3.54. The van der Waals surface area contributed by atoms with Crippen molar-refractivity contribution in [1.82, 2.24) is 5.32 Å². The normalized spacial score (nSPS) is 11.7. The van der Waals surface area contributed by atoms with Crippen molar-refractivity contribution < 1.29 is 9.53 Å². The van der Waals surface area contributed by atoms with Crippen molar-refractivity contribution in [1.29, 1.82) is 0 Å². The molecule has 0 radical (unpaired) electrons. The number of hydrogen-bond donors (Lipinski definition) is 1. The monoisotopic (exact) mass is 269 g/mol. The maximum absolute atomic E-state index is 11.7. The third-order valence-electron chi connectivity index (χ3n) is 2.96. The van der Waals surface area contributed by atoms with E-state index in [0.717, 1.165) is 12.0 Å². The molecule has 104 valence electrons. The van der Waals surface area contributed by atoms with Crippen LogP contribution >= 0.6 is 0 Å². The Morgan fingerprint density at radius 2 is 1.55 bits per heavy atom. The average molecular weight is 269 g/mol. The number of benzene rings is 2. The van der Waals surface area contributed by atoms with Gasteiger partial charge in [-0.1, -0.05) is 60.7 Å². The van der Waals surface area contributed by atoms with E-state index >= 15 is 0 Å². The molecule has 3 heteroatoms. The second-order valence-electron chi connectivity index (χ2n) is 4.80. The molecule has 0 fully saturated rings. The summed E-state index contributed by atoms with van der Waals surface area (Å²) in [7, 11) is 0. The van der Waals surface area contributed by atoms with E-state index in [0.29, 0.717) is 6.61 Å². The van der Waals surface area contributed by atoms with E-state index in [1.807, 2.05) is 67.6 Å². The van der Waals surface area contributed by atoms with Crippen molar-refractivity contribution in [3.63, 3.8) is 0 Å². The smallest absolute Gasteiger partial charge is 0.407 e. The number of nitrogens with one attached hydrogen (secondary N) is 1. The van der Waals surface area contributed by atoms with Gasteiger partial charge in [-0.25, -0.2) is 4.79 Å². The second-order valence-corrected chi connectivity index (χ2v) is 4.80. The SMILES string of the molecule is CC(Cc1ccccc1)NC(=O)OCc1ccccc1. The van der Waals surface area contributed by atoms with E-state index in [1.54, 1.807) is 0 Å². The molecule has 2 aromatic rings. The van der Waals surface area contributed by atoms with Crippen molar-refractivity contribution in [2.75, 3.05) is 0 Å². The predicted molar refractivity (Wildman–Crippen MR) is 79.4 cm³/mol. The summed E-state index contributed by atoms with van der Waals surface area (Å²) in [5.41, 5.74) is 2.18. The summed E-state index contributed by atoms with van der Waals surface area (Å²) < 4.78 is 5.19. The van der Waals surface area contributed by atoms with Crippen LogP contribution < -0.4 is 5.32 Å². The van der Waals surface area contributed by atoms with Crippen molar-refractivity contribution in [2.45, 2.75) is 26.0 Å². The molecule has 0 saturated carbocycles. The first-order valence-electron chi connectivity index (χ1n) is 6.75. The average Bonchev–Trinajstić information content (AvgIpc) is 2.47. The molecular weight excluding hydrogens is 250 g/mol. The van der Waals surface area contributed by atoms with Crippen LogP contribution in [0.5, 0.6) is 0 Å². The highest BCUT2D eigenvalue weighted by Gasteiger charge is 2.08. The Hall–Kier alpha value is -2.29. The Bertz CT molecular complexity index is 525. The number of carbonyl (C=O) groups is 1. The highest BCUT2D eigenvalue weighted by molar-refractivity contribution is 5.67. The van der Waals surface area contributed by atoms with Crippen LogP contribution in [0, 0.1) is 0 Å². The van der Waals surface area contributed by atoms with E-state index in [4.69, 9.17) is 4.74 Å². The Morgan fingerprint density at radius 3 is 2.15 bits per heavy atom. The van der Waals surface area contributed by atoms with Gasteiger partial charge in [0.1, 0.15) is 6.61 Å². The molecular formula is C17H19NO2. The van der Waals surface area contributed by atoms with Crippen LogP contribution in [-0.2, 0) is 17.8 Å². The van der Waals surface area contributed by atoms with Gasteiger partial charge in [-0.15, -0.1) is 0 Å². The Balaban J connectivity index is 1.74. The zero-order valence-corrected chi connectivity index (χ0v) is 11.6. The van der Waals surface area contributed by atoms with Crippen LogP contribution in [0.1, 0.15) is 18.1 Å². The Labute approximate surface area is 119 Å². The first kappa shape index (κ1) is 14.1. The third-order valence-corrected chi connectivity index (χ3v) is 2.96. The van der Waals surface area contributed by atoms with E-state index in [1.165, 1.54) is 5.56 Å². The molecule has 3 nitrogen and oxygen atoms in total. The molecule has 0 aliphatic rings. The fourth-order valence-electron chi connectivity index (χ4n) is 1.98. The van der Waals surface area contributed by atoms with Gasteiger partial charge in [0.25, 0.3) is 0 Å². The van der Waals surface area contributed by atoms with Gasteiger partial charge in [0.2, 0.25) is 0 Å². The first-order valence-corrected chi connectivity index (χ1v) is 6.75. The van der Waals surface area contributed by atoms with Gasteiger partial charge in [-0.2, -0.15) is 0 Å². The van der Waals surface area contributed by atoms with Crippen molar-refractivity contribution in [2.24, 2.45) is 0 Å². The van der Waals surface area contributed by atoms with Gasteiger partial charge in [0.15, 0.2) is 0 Å². The zero-order chi connectivity index (χ0) is 14.2. The fraction of sp³-hybridized carbons (Fsp3) is 0.235. The molecule has 1 amide bonds. The van der Waals surface area contributed by atoms with E-state index in [-0.39, 0.29) is 12.1 Å². The summed E-state index contributed by atoms with van der Waals surface area (Å²) in [6.07, 6.45) is 0.415. The van der Waals surface area contributed by atoms with Gasteiger partial charge in [0, 0.05) is 6.04 Å². The van der Waals surface area contributed by atoms with Gasteiger partial charge in [-0.05, 0) is 24.5 Å². The second kappa shape index (κ2) is 7.34. The highest BCUT2D eigenvalue weighted by atomic mass is 16.5. The van der Waals surface area contributed by atoms with Crippen molar-refractivity contribution >= 4 is 6.09 Å². The van der Waals surface area contributed by atoms with Gasteiger partial charge < -0.3 is 10.1 Å². The summed E-state index contributed by atoms with van der Waals surface area (Å²) >= 11 is 0. The maximum Gasteiger partial charge on any atom is 0.407 e. The van der Waals surface area contributed by atoms with Crippen LogP contribution in [0.3, 0.4) is 0 Å². The molecule has 0 aliphatic carbocycles. The van der Waals surface area contributed by atoms with Crippen LogP contribution in [0.2, 0.25) is 0 Å². The number of rotatable bonds is 5. The first-order chi connectivity index (χ1) is 9.74. The van der Waals surface area contributed by atoms with Gasteiger partial charge in [-0.3, -0.25) is 0 Å². The number of ether oxygens (including phenoxy) is 1. The summed E-state index contributed by atoms with van der Waals surface area (Å²) in [6, 6.07) is 19.8. The molecule has 0 saturated heterocycles. The quantitative estimate of drug-likeness (QED) is 0.901. The minimum atomic E-state index is -0.378. The Morgan fingerprint density at radius 1 is 1.00 bits per heavy atom. The molecule has 0 aromatic heterocycles. The lowest BCUT2D eigenvalue weighted by molar-refractivity contribution is 0.136. The standard InChI is InChI=1S/C17H19NO2/c1-14(12-15-8-4-2-5-9-15)18-17(19)20-13-16-10-6-3-7-11-16/h2-11,14H,12-13H2,1H3,(H,18,19). The maximum atomic E-state index is 11.7. The molecule has 2 aromatic carbocycles. The molecule has 0 heterocycles. The van der Waals surface area contributed by atoms with Crippen LogP contribution in [0.25, 0.3) is 0 Å². The van der Waals surface area contributed by atoms with Gasteiger partial charge in [0.05, 0.1) is 0 Å². The fourth-order valence-corrected chi connectivity index (χ4v) is 1.98. The molecule has 0 aliphatic heterocycles. The molecule has 2 rings (SSSR count). The van der Waals surface area contributed by atoms with Crippen molar-refractivity contribution in [3.05, 3.63) is 71.8 Å². The highest BCUT2D eigenvalue weighted by Crippen LogP contribution is 2.04. The lowest BCUT2D eigenvalue weighted by atomic mass is 10.1. The molecule has 0 bridgehead atoms. The molecule has 20 heavy (non-hydrogen) atoms. The summed E-state index contributed by atoms with van der Waals surface area (Å²) in [6.45, 7) is 2.27. The van der Waals surface area contributed by atoms with Gasteiger partial charge >= 0.3 is 6.09 Å². The lowest BCUT2D eigenvalue weighted by Crippen LogP contribution is -2.34. The topological polar surface area (TPSA) is 38.3 Å². The summed E-state index contributed by atoms with van der Waals surface area (Å²) in [4.78, 5) is 11.7. The zero-order valence-electron chi connectivity index (χ0n) is 11.6. The van der Waals surface area contributed by atoms with Crippen LogP contribution in [0.4, 0.5) is 4.79 Å². The molecule has 1 N–H and O–H groups in total. The van der Waals surface area contributed by atoms with Crippen molar-refractivity contribution in [3.8, 4) is 0 Å². The number of alkyl carbamates (subject to hydrolysis) is 1. The molecule has 1 atom stereocenters. The Kier molecular flexibility index (Phi) is 5.18. The molecule has 0 spiro atoms. The minimum Gasteiger partial charge on any atom is -0.445 e. The summed E-state index contributed by atoms with van der Waals surface area (Å²) in [5, 5.41) is 2.84. The van der Waals surface area contributed by atoms with E-state index < -0.39 is 0 Å². The number of carbonyl (C=O) groups excluding carboxylic acids is 1. The van der Waals surface area contributed by atoms with E-state index in [9.17, 15) is 4.79 Å². The minimum absolute atomic E-state index is 0.0423. The van der Waals surface area contributed by atoms with Crippen LogP contribution in [-0.4, -0.2) is 12.1 Å². The van der Waals surface area contributed by atoms with E-state index in [2.05, 4.69) is 5.32 Å². The molecule has 1 unspecified atom stereocenters. The lowest BCUT2D eigenvalue weighted by Gasteiger charge is -2.14. The van der Waals surface area contributed by atoms with Crippen LogP contribution in [0.15, 0.2) is 60.7 Å². The number of amides is 1. The largest absolute Gasteiger partial charge is 0.445 e.